The third kappa shape index (κ3) is 4.70. The number of hydrogen-bond acceptors (Lipinski definition) is 2. The Bertz CT molecular complexity index is 333. The minimum absolute atomic E-state index is 0.215. The molecule has 1 aromatic carbocycles. The molecule has 0 amide bonds. The first-order chi connectivity index (χ1) is 7.20. The third-order valence-corrected chi connectivity index (χ3v) is 2.96. The molecule has 1 aromatic rings. The zero-order valence-electron chi connectivity index (χ0n) is 8.48. The summed E-state index contributed by atoms with van der Waals surface area (Å²) in [5.74, 6) is 0.686. The molecule has 80 valence electrons. The second kappa shape index (κ2) is 6.30. The second-order valence-corrected chi connectivity index (χ2v) is 4.27. The fourth-order valence-corrected chi connectivity index (χ4v) is 1.99. The van der Waals surface area contributed by atoms with Crippen LogP contribution in [0.25, 0.3) is 5.57 Å². The van der Waals surface area contributed by atoms with Crippen molar-refractivity contribution < 1.29 is 9.90 Å². The third-order valence-electron chi connectivity index (χ3n) is 1.92. The van der Waals surface area contributed by atoms with Crippen LogP contribution >= 0.6 is 11.8 Å². The van der Waals surface area contributed by atoms with Crippen LogP contribution in [0, 0.1) is 0 Å². The fourth-order valence-electron chi connectivity index (χ4n) is 1.11. The number of hydrogen-bond donors (Lipinski definition) is 1. The Balaban J connectivity index is 2.28. The smallest absolute Gasteiger partial charge is 0.304 e. The molecule has 0 aliphatic carbocycles. The topological polar surface area (TPSA) is 37.3 Å². The number of carboxylic acid groups (broad SMARTS) is 1. The summed E-state index contributed by atoms with van der Waals surface area (Å²) in [7, 11) is 0. The number of rotatable bonds is 6. The maximum absolute atomic E-state index is 10.3. The minimum Gasteiger partial charge on any atom is -0.481 e. The Kier molecular flexibility index (Phi) is 4.98. The molecule has 0 spiro atoms. The van der Waals surface area contributed by atoms with Crippen LogP contribution in [0.4, 0.5) is 0 Å². The normalized spacial score (nSPS) is 9.87. The van der Waals surface area contributed by atoms with Crippen LogP contribution in [-0.2, 0) is 4.79 Å². The van der Waals surface area contributed by atoms with Crippen molar-refractivity contribution in [2.45, 2.75) is 6.42 Å². The van der Waals surface area contributed by atoms with Crippen LogP contribution in [0.5, 0.6) is 0 Å². The van der Waals surface area contributed by atoms with Crippen LogP contribution < -0.4 is 0 Å². The van der Waals surface area contributed by atoms with E-state index >= 15 is 0 Å². The van der Waals surface area contributed by atoms with Crippen molar-refractivity contribution in [3.63, 3.8) is 0 Å². The van der Waals surface area contributed by atoms with Gasteiger partial charge in [0.1, 0.15) is 0 Å². The lowest BCUT2D eigenvalue weighted by Crippen LogP contribution is -1.97. The van der Waals surface area contributed by atoms with E-state index in [0.717, 1.165) is 16.9 Å². The van der Waals surface area contributed by atoms with E-state index in [-0.39, 0.29) is 6.42 Å². The standard InChI is InChI=1S/C12H14O2S/c1-10(9-15-8-7-12(13)14)11-5-3-2-4-6-11/h2-6H,1,7-9H2,(H,13,14). The van der Waals surface area contributed by atoms with Gasteiger partial charge in [-0.2, -0.15) is 11.8 Å². The molecule has 0 saturated heterocycles. The molecule has 2 nitrogen and oxygen atoms in total. The SMILES string of the molecule is C=C(CSCCC(=O)O)c1ccccc1. The van der Waals surface area contributed by atoms with Gasteiger partial charge in [0.05, 0.1) is 6.42 Å². The molecule has 15 heavy (non-hydrogen) atoms. The Morgan fingerprint density at radius 2 is 2.00 bits per heavy atom. The second-order valence-electron chi connectivity index (χ2n) is 3.17. The molecular weight excluding hydrogens is 208 g/mol. The van der Waals surface area contributed by atoms with Crippen LogP contribution in [0.1, 0.15) is 12.0 Å². The van der Waals surface area contributed by atoms with Crippen LogP contribution in [0.2, 0.25) is 0 Å². The molecule has 0 saturated carbocycles. The lowest BCUT2D eigenvalue weighted by Gasteiger charge is -2.04. The van der Waals surface area contributed by atoms with Gasteiger partial charge in [-0.05, 0) is 11.1 Å². The minimum atomic E-state index is -0.743. The van der Waals surface area contributed by atoms with Gasteiger partial charge in [-0.3, -0.25) is 4.79 Å². The van der Waals surface area contributed by atoms with Crippen LogP contribution in [-0.4, -0.2) is 22.6 Å². The van der Waals surface area contributed by atoms with Crippen molar-refractivity contribution in [3.05, 3.63) is 42.5 Å². The number of aliphatic carboxylic acids is 1. The average Bonchev–Trinajstić information content (AvgIpc) is 2.25. The van der Waals surface area contributed by atoms with Crippen molar-refractivity contribution in [2.24, 2.45) is 0 Å². The van der Waals surface area contributed by atoms with Gasteiger partial charge in [-0.1, -0.05) is 36.9 Å². The summed E-state index contributed by atoms with van der Waals surface area (Å²) in [6, 6.07) is 9.94. The Hall–Kier alpha value is -1.22. The van der Waals surface area contributed by atoms with Gasteiger partial charge >= 0.3 is 5.97 Å². The number of benzene rings is 1. The van der Waals surface area contributed by atoms with E-state index in [2.05, 4.69) is 6.58 Å². The maximum atomic E-state index is 10.3. The maximum Gasteiger partial charge on any atom is 0.304 e. The monoisotopic (exact) mass is 222 g/mol. The predicted molar refractivity (Wildman–Crippen MR) is 65.1 cm³/mol. The van der Waals surface area contributed by atoms with Crippen molar-refractivity contribution in [1.82, 2.24) is 0 Å². The lowest BCUT2D eigenvalue weighted by molar-refractivity contribution is -0.136. The summed E-state index contributed by atoms with van der Waals surface area (Å²) < 4.78 is 0. The van der Waals surface area contributed by atoms with Crippen LogP contribution in [0.15, 0.2) is 36.9 Å². The highest BCUT2D eigenvalue weighted by Crippen LogP contribution is 2.17. The van der Waals surface area contributed by atoms with E-state index in [4.69, 9.17) is 5.11 Å². The lowest BCUT2D eigenvalue weighted by atomic mass is 10.1. The van der Waals surface area contributed by atoms with Gasteiger partial charge in [-0.15, -0.1) is 0 Å². The van der Waals surface area contributed by atoms with Crippen molar-refractivity contribution in [3.8, 4) is 0 Å². The van der Waals surface area contributed by atoms with Gasteiger partial charge in [0, 0.05) is 11.5 Å². The van der Waals surface area contributed by atoms with Crippen molar-refractivity contribution >= 4 is 23.3 Å². The number of carbonyl (C=O) groups is 1. The number of carboxylic acids is 1. The van der Waals surface area contributed by atoms with Crippen molar-refractivity contribution in [2.75, 3.05) is 11.5 Å². The van der Waals surface area contributed by atoms with Gasteiger partial charge in [0.15, 0.2) is 0 Å². The molecule has 0 bridgehead atoms. The number of thioether (sulfide) groups is 1. The molecule has 0 atom stereocenters. The molecular formula is C12H14O2S. The highest BCUT2D eigenvalue weighted by Gasteiger charge is 2.00. The first-order valence-corrected chi connectivity index (χ1v) is 5.88. The van der Waals surface area contributed by atoms with Gasteiger partial charge in [-0.25, -0.2) is 0 Å². The Morgan fingerprint density at radius 1 is 1.33 bits per heavy atom. The molecule has 0 fully saturated rings. The molecule has 0 aliphatic rings. The molecule has 0 heterocycles. The Labute approximate surface area is 94.0 Å². The summed E-state index contributed by atoms with van der Waals surface area (Å²) in [6.45, 7) is 3.97. The van der Waals surface area contributed by atoms with E-state index < -0.39 is 5.97 Å². The highest BCUT2D eigenvalue weighted by atomic mass is 32.2. The molecule has 0 unspecified atom stereocenters. The summed E-state index contributed by atoms with van der Waals surface area (Å²) in [5.41, 5.74) is 2.17. The molecule has 0 aliphatic heterocycles. The molecule has 1 N–H and O–H groups in total. The average molecular weight is 222 g/mol. The fraction of sp³-hybridized carbons (Fsp3) is 0.250. The highest BCUT2D eigenvalue weighted by molar-refractivity contribution is 7.99. The van der Waals surface area contributed by atoms with E-state index in [1.54, 1.807) is 11.8 Å². The first kappa shape index (κ1) is 11.9. The van der Waals surface area contributed by atoms with E-state index in [1.165, 1.54) is 0 Å². The quantitative estimate of drug-likeness (QED) is 0.752. The molecule has 3 heteroatoms. The van der Waals surface area contributed by atoms with Gasteiger partial charge in [0.25, 0.3) is 0 Å². The summed E-state index contributed by atoms with van der Waals surface area (Å²) in [6.07, 6.45) is 0.215. The zero-order chi connectivity index (χ0) is 11.1. The summed E-state index contributed by atoms with van der Waals surface area (Å²) in [4.78, 5) is 10.3. The van der Waals surface area contributed by atoms with E-state index in [9.17, 15) is 4.79 Å². The van der Waals surface area contributed by atoms with Crippen LogP contribution in [0.3, 0.4) is 0 Å². The predicted octanol–water partition coefficient (Wildman–Crippen LogP) is 2.91. The molecule has 0 radical (unpaired) electrons. The van der Waals surface area contributed by atoms with E-state index in [0.29, 0.717) is 5.75 Å². The summed E-state index contributed by atoms with van der Waals surface area (Å²) >= 11 is 1.60. The summed E-state index contributed by atoms with van der Waals surface area (Å²) in [5, 5.41) is 8.46. The van der Waals surface area contributed by atoms with Gasteiger partial charge < -0.3 is 5.11 Å². The molecule has 0 aromatic heterocycles. The Morgan fingerprint density at radius 3 is 2.60 bits per heavy atom. The first-order valence-electron chi connectivity index (χ1n) is 4.73. The van der Waals surface area contributed by atoms with E-state index in [1.807, 2.05) is 30.3 Å². The van der Waals surface area contributed by atoms with Gasteiger partial charge in [0.2, 0.25) is 0 Å². The molecule has 1 rings (SSSR count). The zero-order valence-corrected chi connectivity index (χ0v) is 9.30. The van der Waals surface area contributed by atoms with Crippen molar-refractivity contribution in [1.29, 1.82) is 0 Å². The largest absolute Gasteiger partial charge is 0.481 e.